The highest BCUT2D eigenvalue weighted by molar-refractivity contribution is 5.75. The predicted octanol–water partition coefficient (Wildman–Crippen LogP) is 6.28. The standard InChI is InChI=1S/C25H51NO3/c1-2-3-4-5-6-7-8-9-10-11-12-13-14-15-16-17-18-22-26-25(29)21-19-20-24(28)23-27/h24,27-28H,2-23H2,1H3,(H,26,29)/t24-/m0/s1. The van der Waals surface area contributed by atoms with Gasteiger partial charge in [0, 0.05) is 13.0 Å². The Morgan fingerprint density at radius 1 is 0.690 bits per heavy atom. The van der Waals surface area contributed by atoms with Crippen molar-refractivity contribution < 1.29 is 15.0 Å². The fourth-order valence-corrected chi connectivity index (χ4v) is 3.76. The van der Waals surface area contributed by atoms with Gasteiger partial charge in [-0.25, -0.2) is 0 Å². The summed E-state index contributed by atoms with van der Waals surface area (Å²) >= 11 is 0. The molecule has 0 fully saturated rings. The van der Waals surface area contributed by atoms with Gasteiger partial charge in [0.1, 0.15) is 0 Å². The van der Waals surface area contributed by atoms with Gasteiger partial charge < -0.3 is 15.5 Å². The van der Waals surface area contributed by atoms with Gasteiger partial charge >= 0.3 is 0 Å². The van der Waals surface area contributed by atoms with Gasteiger partial charge in [-0.3, -0.25) is 4.79 Å². The molecule has 0 radical (unpaired) electrons. The molecule has 0 aromatic rings. The van der Waals surface area contributed by atoms with E-state index in [0.29, 0.717) is 19.3 Å². The summed E-state index contributed by atoms with van der Waals surface area (Å²) in [4.78, 5) is 11.6. The van der Waals surface area contributed by atoms with Crippen molar-refractivity contribution in [1.29, 1.82) is 0 Å². The van der Waals surface area contributed by atoms with Crippen molar-refractivity contribution in [2.75, 3.05) is 13.2 Å². The molecule has 4 nitrogen and oxygen atoms in total. The molecule has 174 valence electrons. The molecule has 0 saturated heterocycles. The van der Waals surface area contributed by atoms with Gasteiger partial charge in [0.15, 0.2) is 0 Å². The van der Waals surface area contributed by atoms with E-state index in [1.165, 1.54) is 103 Å². The molecule has 0 aliphatic carbocycles. The highest BCUT2D eigenvalue weighted by Crippen LogP contribution is 2.14. The van der Waals surface area contributed by atoms with Crippen LogP contribution in [0, 0.1) is 0 Å². The van der Waals surface area contributed by atoms with Crippen LogP contribution in [-0.2, 0) is 4.79 Å². The second kappa shape index (κ2) is 23.7. The molecule has 0 saturated carbocycles. The third-order valence-electron chi connectivity index (χ3n) is 5.75. The molecule has 0 spiro atoms. The summed E-state index contributed by atoms with van der Waals surface area (Å²) in [7, 11) is 0. The number of carbonyl (C=O) groups excluding carboxylic acids is 1. The number of aliphatic hydroxyl groups excluding tert-OH is 2. The van der Waals surface area contributed by atoms with Crippen LogP contribution in [0.3, 0.4) is 0 Å². The molecule has 0 aliphatic heterocycles. The predicted molar refractivity (Wildman–Crippen MR) is 124 cm³/mol. The van der Waals surface area contributed by atoms with Crippen molar-refractivity contribution in [3.63, 3.8) is 0 Å². The number of carbonyl (C=O) groups is 1. The van der Waals surface area contributed by atoms with Crippen LogP contribution in [0.2, 0.25) is 0 Å². The number of amides is 1. The summed E-state index contributed by atoms with van der Waals surface area (Å²) in [6.45, 7) is 2.82. The van der Waals surface area contributed by atoms with Gasteiger partial charge in [-0.15, -0.1) is 0 Å². The second-order valence-electron chi connectivity index (χ2n) is 8.74. The van der Waals surface area contributed by atoms with E-state index in [2.05, 4.69) is 12.2 Å². The largest absolute Gasteiger partial charge is 0.394 e. The molecule has 0 bridgehead atoms. The molecule has 0 heterocycles. The van der Waals surface area contributed by atoms with Crippen molar-refractivity contribution >= 4 is 5.91 Å². The van der Waals surface area contributed by atoms with E-state index >= 15 is 0 Å². The van der Waals surface area contributed by atoms with Crippen LogP contribution in [-0.4, -0.2) is 35.4 Å². The van der Waals surface area contributed by atoms with E-state index in [1.807, 2.05) is 0 Å². The third kappa shape index (κ3) is 23.5. The lowest BCUT2D eigenvalue weighted by Crippen LogP contribution is -2.24. The number of aliphatic hydroxyl groups is 2. The van der Waals surface area contributed by atoms with Crippen LogP contribution in [0.5, 0.6) is 0 Å². The Morgan fingerprint density at radius 2 is 1.10 bits per heavy atom. The zero-order valence-corrected chi connectivity index (χ0v) is 19.4. The van der Waals surface area contributed by atoms with Crippen LogP contribution < -0.4 is 5.32 Å². The fraction of sp³-hybridized carbons (Fsp3) is 0.960. The minimum Gasteiger partial charge on any atom is -0.394 e. The normalized spacial score (nSPS) is 12.2. The zero-order chi connectivity index (χ0) is 21.4. The van der Waals surface area contributed by atoms with Crippen LogP contribution in [0.4, 0.5) is 0 Å². The lowest BCUT2D eigenvalue weighted by molar-refractivity contribution is -0.121. The molecular weight excluding hydrogens is 362 g/mol. The average molecular weight is 414 g/mol. The lowest BCUT2D eigenvalue weighted by Gasteiger charge is -2.07. The molecular formula is C25H51NO3. The average Bonchev–Trinajstić information content (AvgIpc) is 2.72. The Balaban J connectivity index is 3.12. The molecule has 0 aliphatic rings. The Labute approximate surface area is 181 Å². The van der Waals surface area contributed by atoms with Crippen molar-refractivity contribution in [3.05, 3.63) is 0 Å². The highest BCUT2D eigenvalue weighted by Gasteiger charge is 2.05. The maximum Gasteiger partial charge on any atom is 0.219 e. The van der Waals surface area contributed by atoms with Crippen LogP contribution >= 0.6 is 0 Å². The van der Waals surface area contributed by atoms with Gasteiger partial charge in [0.25, 0.3) is 0 Å². The second-order valence-corrected chi connectivity index (χ2v) is 8.74. The Hall–Kier alpha value is -0.610. The molecule has 4 heteroatoms. The molecule has 0 aromatic carbocycles. The van der Waals surface area contributed by atoms with E-state index in [0.717, 1.165) is 13.0 Å². The minimum absolute atomic E-state index is 0.0617. The van der Waals surface area contributed by atoms with Gasteiger partial charge in [0.2, 0.25) is 5.91 Å². The number of hydrogen-bond acceptors (Lipinski definition) is 3. The Morgan fingerprint density at radius 3 is 1.52 bits per heavy atom. The fourth-order valence-electron chi connectivity index (χ4n) is 3.76. The summed E-state index contributed by atoms with van der Waals surface area (Å²) < 4.78 is 0. The smallest absolute Gasteiger partial charge is 0.219 e. The summed E-state index contributed by atoms with van der Waals surface area (Å²) in [5, 5.41) is 20.9. The summed E-state index contributed by atoms with van der Waals surface area (Å²) in [6.07, 6.45) is 24.1. The first-order chi connectivity index (χ1) is 14.2. The molecule has 1 atom stereocenters. The van der Waals surface area contributed by atoms with Gasteiger partial charge in [-0.05, 0) is 19.3 Å². The zero-order valence-electron chi connectivity index (χ0n) is 19.4. The molecule has 1 amide bonds. The first-order valence-corrected chi connectivity index (χ1v) is 12.8. The van der Waals surface area contributed by atoms with Crippen LogP contribution in [0.15, 0.2) is 0 Å². The van der Waals surface area contributed by atoms with E-state index in [4.69, 9.17) is 5.11 Å². The first kappa shape index (κ1) is 28.4. The van der Waals surface area contributed by atoms with E-state index in [9.17, 15) is 9.90 Å². The van der Waals surface area contributed by atoms with E-state index in [-0.39, 0.29) is 12.5 Å². The van der Waals surface area contributed by atoms with Gasteiger partial charge in [-0.1, -0.05) is 110 Å². The van der Waals surface area contributed by atoms with Crippen molar-refractivity contribution in [2.24, 2.45) is 0 Å². The first-order valence-electron chi connectivity index (χ1n) is 12.8. The van der Waals surface area contributed by atoms with Crippen molar-refractivity contribution in [2.45, 2.75) is 141 Å². The van der Waals surface area contributed by atoms with Crippen molar-refractivity contribution in [1.82, 2.24) is 5.32 Å². The number of nitrogens with one attached hydrogen (secondary N) is 1. The number of unbranched alkanes of at least 4 members (excludes halogenated alkanes) is 16. The number of rotatable bonds is 23. The molecule has 29 heavy (non-hydrogen) atoms. The molecule has 0 unspecified atom stereocenters. The topological polar surface area (TPSA) is 69.6 Å². The highest BCUT2D eigenvalue weighted by atomic mass is 16.3. The van der Waals surface area contributed by atoms with Crippen LogP contribution in [0.1, 0.15) is 135 Å². The maximum absolute atomic E-state index is 11.6. The molecule has 0 rings (SSSR count). The van der Waals surface area contributed by atoms with E-state index < -0.39 is 6.10 Å². The Kier molecular flexibility index (Phi) is 23.2. The summed E-state index contributed by atoms with van der Waals surface area (Å²) in [5.74, 6) is 0.0617. The minimum atomic E-state index is -0.687. The monoisotopic (exact) mass is 413 g/mol. The third-order valence-corrected chi connectivity index (χ3v) is 5.75. The summed E-state index contributed by atoms with van der Waals surface area (Å²) in [5.41, 5.74) is 0. The van der Waals surface area contributed by atoms with Gasteiger partial charge in [0.05, 0.1) is 12.7 Å². The molecule has 0 aromatic heterocycles. The van der Waals surface area contributed by atoms with Crippen LogP contribution in [0.25, 0.3) is 0 Å². The van der Waals surface area contributed by atoms with E-state index in [1.54, 1.807) is 0 Å². The van der Waals surface area contributed by atoms with Gasteiger partial charge in [-0.2, -0.15) is 0 Å². The number of hydrogen-bond donors (Lipinski definition) is 3. The Bertz CT molecular complexity index is 336. The lowest BCUT2D eigenvalue weighted by atomic mass is 10.0. The summed E-state index contributed by atoms with van der Waals surface area (Å²) in [6, 6.07) is 0. The maximum atomic E-state index is 11.6. The molecule has 3 N–H and O–H groups in total. The van der Waals surface area contributed by atoms with Crippen molar-refractivity contribution in [3.8, 4) is 0 Å². The SMILES string of the molecule is CCCCCCCCCCCCCCCCCCCNC(=O)CCC[C@H](O)CO. The quantitative estimate of drug-likeness (QED) is 0.173.